The number of aromatic nitrogens is 1. The van der Waals surface area contributed by atoms with Gasteiger partial charge in [-0.25, -0.2) is 4.79 Å². The van der Waals surface area contributed by atoms with Crippen molar-refractivity contribution in [2.75, 3.05) is 13.2 Å². The lowest BCUT2D eigenvalue weighted by atomic mass is 10.1. The maximum atomic E-state index is 12.4. The number of rotatable bonds is 8. The molecule has 3 rings (SSSR count). The number of aryl methyl sites for hydroxylation is 1. The Labute approximate surface area is 157 Å². The third-order valence-corrected chi connectivity index (χ3v) is 4.56. The summed E-state index contributed by atoms with van der Waals surface area (Å²) in [5, 5.41) is 0. The topological polar surface area (TPSA) is 101 Å². The Morgan fingerprint density at radius 1 is 1.11 bits per heavy atom. The summed E-state index contributed by atoms with van der Waals surface area (Å²) in [7, 11) is 0. The van der Waals surface area contributed by atoms with Gasteiger partial charge in [0.15, 0.2) is 13.2 Å². The SMILES string of the molecule is Cc1cc(C(=O)COC(=O)COc2ccccc2C(N)=O)c(C)n1C1CC1. The third kappa shape index (κ3) is 4.19. The molecule has 27 heavy (non-hydrogen) atoms. The number of benzene rings is 1. The van der Waals surface area contributed by atoms with Crippen LogP contribution in [0.5, 0.6) is 5.75 Å². The van der Waals surface area contributed by atoms with Gasteiger partial charge in [-0.15, -0.1) is 0 Å². The Balaban J connectivity index is 1.55. The van der Waals surface area contributed by atoms with E-state index in [0.717, 1.165) is 24.2 Å². The molecule has 1 saturated carbocycles. The molecule has 0 aliphatic heterocycles. The van der Waals surface area contributed by atoms with Gasteiger partial charge < -0.3 is 19.8 Å². The van der Waals surface area contributed by atoms with E-state index in [-0.39, 0.29) is 23.7 Å². The molecule has 1 heterocycles. The Morgan fingerprint density at radius 2 is 1.81 bits per heavy atom. The average Bonchev–Trinajstić information content (AvgIpc) is 3.42. The molecule has 7 heteroatoms. The summed E-state index contributed by atoms with van der Waals surface area (Å²) in [4.78, 5) is 35.6. The van der Waals surface area contributed by atoms with Crippen LogP contribution in [0.1, 0.15) is 51.0 Å². The van der Waals surface area contributed by atoms with Crippen molar-refractivity contribution in [2.24, 2.45) is 5.73 Å². The third-order valence-electron chi connectivity index (χ3n) is 4.56. The van der Waals surface area contributed by atoms with Crippen molar-refractivity contribution in [2.45, 2.75) is 32.7 Å². The lowest BCUT2D eigenvalue weighted by Gasteiger charge is -2.09. The molecule has 0 atom stereocenters. The van der Waals surface area contributed by atoms with E-state index in [2.05, 4.69) is 4.57 Å². The van der Waals surface area contributed by atoms with Gasteiger partial charge in [0.25, 0.3) is 5.91 Å². The minimum absolute atomic E-state index is 0.175. The maximum Gasteiger partial charge on any atom is 0.344 e. The van der Waals surface area contributed by atoms with Crippen molar-refractivity contribution in [3.8, 4) is 5.75 Å². The van der Waals surface area contributed by atoms with Crippen molar-refractivity contribution >= 4 is 17.7 Å². The lowest BCUT2D eigenvalue weighted by Crippen LogP contribution is -2.21. The maximum absolute atomic E-state index is 12.4. The molecule has 0 bridgehead atoms. The van der Waals surface area contributed by atoms with Gasteiger partial charge >= 0.3 is 5.97 Å². The van der Waals surface area contributed by atoms with Gasteiger partial charge in [-0.2, -0.15) is 0 Å². The highest BCUT2D eigenvalue weighted by molar-refractivity contribution is 5.99. The fourth-order valence-electron chi connectivity index (χ4n) is 3.15. The molecule has 0 spiro atoms. The van der Waals surface area contributed by atoms with Crippen LogP contribution in [0.2, 0.25) is 0 Å². The van der Waals surface area contributed by atoms with E-state index in [9.17, 15) is 14.4 Å². The zero-order valence-corrected chi connectivity index (χ0v) is 15.4. The second-order valence-electron chi connectivity index (χ2n) is 6.62. The second-order valence-corrected chi connectivity index (χ2v) is 6.62. The summed E-state index contributed by atoms with van der Waals surface area (Å²) >= 11 is 0. The molecule has 1 fully saturated rings. The summed E-state index contributed by atoms with van der Waals surface area (Å²) < 4.78 is 12.5. The van der Waals surface area contributed by atoms with E-state index in [1.807, 2.05) is 19.9 Å². The largest absolute Gasteiger partial charge is 0.481 e. The number of primary amides is 1. The predicted molar refractivity (Wildman–Crippen MR) is 97.9 cm³/mol. The molecule has 0 radical (unpaired) electrons. The highest BCUT2D eigenvalue weighted by Gasteiger charge is 2.28. The molecule has 142 valence electrons. The number of para-hydroxylation sites is 1. The number of amides is 1. The van der Waals surface area contributed by atoms with Gasteiger partial charge in [-0.05, 0) is 44.9 Å². The molecule has 0 unspecified atom stereocenters. The Hall–Kier alpha value is -3.09. The van der Waals surface area contributed by atoms with Crippen LogP contribution in [0.25, 0.3) is 0 Å². The molecule has 1 aromatic carbocycles. The van der Waals surface area contributed by atoms with Crippen LogP contribution in [0, 0.1) is 13.8 Å². The number of hydrogen-bond donors (Lipinski definition) is 1. The molecule has 2 N–H and O–H groups in total. The van der Waals surface area contributed by atoms with E-state index < -0.39 is 18.5 Å². The summed E-state index contributed by atoms with van der Waals surface area (Å²) in [6.45, 7) is 3.11. The van der Waals surface area contributed by atoms with E-state index in [1.165, 1.54) is 12.1 Å². The summed E-state index contributed by atoms with van der Waals surface area (Å²) in [5.74, 6) is -1.40. The molecule has 2 aromatic rings. The molecule has 7 nitrogen and oxygen atoms in total. The van der Waals surface area contributed by atoms with Gasteiger partial charge in [-0.3, -0.25) is 9.59 Å². The number of nitrogens with two attached hydrogens (primary N) is 1. The first-order valence-electron chi connectivity index (χ1n) is 8.77. The Kier molecular flexibility index (Phi) is 5.30. The van der Waals surface area contributed by atoms with Crippen LogP contribution < -0.4 is 10.5 Å². The van der Waals surface area contributed by atoms with E-state index >= 15 is 0 Å². The van der Waals surface area contributed by atoms with Gasteiger partial charge in [-0.1, -0.05) is 12.1 Å². The van der Waals surface area contributed by atoms with Gasteiger partial charge in [0.2, 0.25) is 5.78 Å². The fraction of sp³-hybridized carbons (Fsp3) is 0.350. The van der Waals surface area contributed by atoms with Gasteiger partial charge in [0.05, 0.1) is 5.56 Å². The van der Waals surface area contributed by atoms with Crippen LogP contribution >= 0.6 is 0 Å². The van der Waals surface area contributed by atoms with Crippen LogP contribution in [0.15, 0.2) is 30.3 Å². The first-order valence-corrected chi connectivity index (χ1v) is 8.77. The normalized spacial score (nSPS) is 13.3. The molecular formula is C20H22N2O5. The number of carbonyl (C=O) groups excluding carboxylic acids is 3. The number of esters is 1. The molecule has 1 aliphatic carbocycles. The molecular weight excluding hydrogens is 348 g/mol. The number of hydrogen-bond acceptors (Lipinski definition) is 5. The number of ether oxygens (including phenoxy) is 2. The number of carbonyl (C=O) groups is 3. The Bertz CT molecular complexity index is 896. The average molecular weight is 370 g/mol. The second kappa shape index (κ2) is 7.65. The molecule has 0 saturated heterocycles. The quantitative estimate of drug-likeness (QED) is 0.568. The van der Waals surface area contributed by atoms with Crippen LogP contribution in [0.4, 0.5) is 0 Å². The van der Waals surface area contributed by atoms with Crippen LogP contribution in [-0.4, -0.2) is 35.4 Å². The minimum atomic E-state index is -0.696. The number of ketones is 1. The zero-order valence-electron chi connectivity index (χ0n) is 15.4. The van der Waals surface area contributed by atoms with E-state index in [1.54, 1.807) is 12.1 Å². The fourth-order valence-corrected chi connectivity index (χ4v) is 3.15. The molecule has 1 amide bonds. The van der Waals surface area contributed by atoms with E-state index in [0.29, 0.717) is 11.6 Å². The summed E-state index contributed by atoms with van der Waals surface area (Å²) in [6.07, 6.45) is 2.26. The van der Waals surface area contributed by atoms with Gasteiger partial charge in [0, 0.05) is 23.0 Å². The van der Waals surface area contributed by atoms with Crippen LogP contribution in [-0.2, 0) is 9.53 Å². The molecule has 1 aromatic heterocycles. The van der Waals surface area contributed by atoms with Crippen molar-refractivity contribution in [3.05, 3.63) is 52.8 Å². The summed E-state index contributed by atoms with van der Waals surface area (Å²) in [6, 6.07) is 8.65. The van der Waals surface area contributed by atoms with Gasteiger partial charge in [0.1, 0.15) is 5.75 Å². The molecule has 1 aliphatic rings. The first-order chi connectivity index (χ1) is 12.9. The smallest absolute Gasteiger partial charge is 0.344 e. The number of nitrogens with zero attached hydrogens (tertiary/aromatic N) is 1. The van der Waals surface area contributed by atoms with Crippen molar-refractivity contribution in [1.29, 1.82) is 0 Å². The van der Waals surface area contributed by atoms with Crippen molar-refractivity contribution in [3.63, 3.8) is 0 Å². The lowest BCUT2D eigenvalue weighted by molar-refractivity contribution is -0.144. The summed E-state index contributed by atoms with van der Waals surface area (Å²) in [5.41, 5.74) is 7.95. The number of Topliss-reactive ketones (excluding diaryl/α,β-unsaturated/α-hetero) is 1. The van der Waals surface area contributed by atoms with Crippen LogP contribution in [0.3, 0.4) is 0 Å². The Morgan fingerprint density at radius 3 is 2.48 bits per heavy atom. The van der Waals surface area contributed by atoms with E-state index in [4.69, 9.17) is 15.2 Å². The monoisotopic (exact) mass is 370 g/mol. The van der Waals surface area contributed by atoms with Crippen molar-refractivity contribution in [1.82, 2.24) is 4.57 Å². The highest BCUT2D eigenvalue weighted by atomic mass is 16.6. The zero-order chi connectivity index (χ0) is 19.6. The first kappa shape index (κ1) is 18.7. The van der Waals surface area contributed by atoms with Crippen molar-refractivity contribution < 1.29 is 23.9 Å². The highest BCUT2D eigenvalue weighted by Crippen LogP contribution is 2.38. The standard InChI is InChI=1S/C20H22N2O5/c1-12-9-16(13(2)22(12)14-7-8-14)17(23)10-27-19(24)11-26-18-6-4-3-5-15(18)20(21)25/h3-6,9,14H,7-8,10-11H2,1-2H3,(H2,21,25). The minimum Gasteiger partial charge on any atom is -0.481 e. The predicted octanol–water partition coefficient (Wildman–Crippen LogP) is 2.34.